The van der Waals surface area contributed by atoms with Crippen LogP contribution in [-0.2, 0) is 9.59 Å². The molecule has 5 nitrogen and oxygen atoms in total. The lowest BCUT2D eigenvalue weighted by Crippen LogP contribution is -2.40. The first kappa shape index (κ1) is 15.8. The van der Waals surface area contributed by atoms with Crippen LogP contribution < -0.4 is 4.74 Å². The maximum atomic E-state index is 12.0. The monoisotopic (exact) mass is 355 g/mol. The molecule has 0 spiro atoms. The fraction of sp³-hybridized carbons (Fsp3) is 0.467. The van der Waals surface area contributed by atoms with Crippen LogP contribution in [0.15, 0.2) is 28.7 Å². The number of rotatable bonds is 6. The van der Waals surface area contributed by atoms with Crippen molar-refractivity contribution in [2.45, 2.75) is 31.7 Å². The van der Waals surface area contributed by atoms with Crippen molar-refractivity contribution in [2.24, 2.45) is 0 Å². The molecule has 1 aromatic rings. The first-order valence-corrected chi connectivity index (χ1v) is 7.78. The van der Waals surface area contributed by atoms with Gasteiger partial charge in [-0.2, -0.15) is 0 Å². The first-order chi connectivity index (χ1) is 10.1. The van der Waals surface area contributed by atoms with E-state index in [2.05, 4.69) is 15.9 Å². The third-order valence-corrected chi connectivity index (χ3v) is 4.14. The van der Waals surface area contributed by atoms with Crippen molar-refractivity contribution < 1.29 is 19.4 Å². The molecule has 6 heteroatoms. The predicted octanol–water partition coefficient (Wildman–Crippen LogP) is 2.68. The second-order valence-corrected chi connectivity index (χ2v) is 5.82. The summed E-state index contributed by atoms with van der Waals surface area (Å²) in [7, 11) is 0. The molecular formula is C15H18BrNO4. The number of hydrogen-bond acceptors (Lipinski definition) is 3. The third-order valence-electron chi connectivity index (χ3n) is 3.49. The highest BCUT2D eigenvalue weighted by atomic mass is 79.9. The normalized spacial score (nSPS) is 17.8. The van der Waals surface area contributed by atoms with Gasteiger partial charge in [-0.1, -0.05) is 12.1 Å². The second kappa shape index (κ2) is 7.45. The average molecular weight is 356 g/mol. The molecule has 1 amide bonds. The molecule has 0 unspecified atom stereocenters. The van der Waals surface area contributed by atoms with Crippen molar-refractivity contribution in [3.8, 4) is 5.75 Å². The molecule has 0 bridgehead atoms. The van der Waals surface area contributed by atoms with E-state index in [9.17, 15) is 9.59 Å². The Kier molecular flexibility index (Phi) is 5.61. The summed E-state index contributed by atoms with van der Waals surface area (Å²) < 4.78 is 6.47. The molecule has 114 valence electrons. The van der Waals surface area contributed by atoms with Gasteiger partial charge in [0, 0.05) is 13.0 Å². The summed E-state index contributed by atoms with van der Waals surface area (Å²) in [5, 5.41) is 9.06. The van der Waals surface area contributed by atoms with Gasteiger partial charge in [0.25, 0.3) is 0 Å². The van der Waals surface area contributed by atoms with Crippen molar-refractivity contribution in [2.75, 3.05) is 13.2 Å². The van der Waals surface area contributed by atoms with E-state index < -0.39 is 12.0 Å². The van der Waals surface area contributed by atoms with E-state index in [0.717, 1.165) is 16.6 Å². The Morgan fingerprint density at radius 2 is 2.14 bits per heavy atom. The minimum absolute atomic E-state index is 0.101. The van der Waals surface area contributed by atoms with E-state index in [-0.39, 0.29) is 5.91 Å². The zero-order chi connectivity index (χ0) is 15.2. The quantitative estimate of drug-likeness (QED) is 0.796. The third kappa shape index (κ3) is 4.20. The van der Waals surface area contributed by atoms with Gasteiger partial charge in [0.15, 0.2) is 0 Å². The summed E-state index contributed by atoms with van der Waals surface area (Å²) in [4.78, 5) is 24.6. The average Bonchev–Trinajstić information content (AvgIpc) is 2.95. The van der Waals surface area contributed by atoms with E-state index in [1.807, 2.05) is 24.3 Å². The van der Waals surface area contributed by atoms with Gasteiger partial charge in [0.1, 0.15) is 11.8 Å². The Balaban J connectivity index is 1.75. The van der Waals surface area contributed by atoms with Crippen molar-refractivity contribution in [3.05, 3.63) is 28.7 Å². The minimum atomic E-state index is -0.912. The molecule has 0 saturated carbocycles. The highest BCUT2D eigenvalue weighted by molar-refractivity contribution is 9.10. The van der Waals surface area contributed by atoms with Gasteiger partial charge in [-0.25, -0.2) is 4.79 Å². The summed E-state index contributed by atoms with van der Waals surface area (Å²) in [5.41, 5.74) is 0. The zero-order valence-electron chi connectivity index (χ0n) is 11.6. The summed E-state index contributed by atoms with van der Waals surface area (Å²) in [6.07, 6.45) is 2.20. The Morgan fingerprint density at radius 3 is 2.86 bits per heavy atom. The van der Waals surface area contributed by atoms with E-state index in [4.69, 9.17) is 9.84 Å². The molecule has 0 aromatic heterocycles. The SMILES string of the molecule is O=C(O)[C@@H]1CCCN1C(=O)CCCOc1ccccc1Br. The number of nitrogens with zero attached hydrogens (tertiary/aromatic N) is 1. The molecule has 1 aromatic carbocycles. The number of amides is 1. The number of carbonyl (C=O) groups is 2. The van der Waals surface area contributed by atoms with Gasteiger partial charge in [0.2, 0.25) is 5.91 Å². The fourth-order valence-electron chi connectivity index (χ4n) is 2.43. The molecule has 1 aliphatic rings. The fourth-order valence-corrected chi connectivity index (χ4v) is 2.83. The summed E-state index contributed by atoms with van der Waals surface area (Å²) in [6, 6.07) is 6.88. The van der Waals surface area contributed by atoms with Crippen LogP contribution in [0.2, 0.25) is 0 Å². The van der Waals surface area contributed by atoms with Gasteiger partial charge in [-0.15, -0.1) is 0 Å². The van der Waals surface area contributed by atoms with Crippen LogP contribution >= 0.6 is 15.9 Å². The Labute approximate surface area is 132 Å². The van der Waals surface area contributed by atoms with Crippen LogP contribution in [0.25, 0.3) is 0 Å². The van der Waals surface area contributed by atoms with Crippen molar-refractivity contribution in [1.29, 1.82) is 0 Å². The topological polar surface area (TPSA) is 66.8 Å². The molecule has 1 saturated heterocycles. The molecule has 1 aliphatic heterocycles. The number of carboxylic acid groups (broad SMARTS) is 1. The van der Waals surface area contributed by atoms with E-state index in [0.29, 0.717) is 32.4 Å². The number of carboxylic acids is 1. The minimum Gasteiger partial charge on any atom is -0.492 e. The number of para-hydroxylation sites is 1. The molecule has 0 radical (unpaired) electrons. The predicted molar refractivity (Wildman–Crippen MR) is 81.2 cm³/mol. The first-order valence-electron chi connectivity index (χ1n) is 6.99. The molecule has 21 heavy (non-hydrogen) atoms. The molecule has 1 N–H and O–H groups in total. The number of carbonyl (C=O) groups excluding carboxylic acids is 1. The van der Waals surface area contributed by atoms with Gasteiger partial charge < -0.3 is 14.7 Å². The van der Waals surface area contributed by atoms with E-state index >= 15 is 0 Å². The van der Waals surface area contributed by atoms with Crippen LogP contribution in [0.4, 0.5) is 0 Å². The standard InChI is InChI=1S/C15H18BrNO4/c16-11-5-1-2-7-13(11)21-10-4-8-14(18)17-9-3-6-12(17)15(19)20/h1-2,5,7,12H,3-4,6,8-10H2,(H,19,20)/t12-/m0/s1. The number of aliphatic carboxylic acids is 1. The van der Waals surface area contributed by atoms with Gasteiger partial charge >= 0.3 is 5.97 Å². The lowest BCUT2D eigenvalue weighted by Gasteiger charge is -2.21. The van der Waals surface area contributed by atoms with Gasteiger partial charge in [-0.05, 0) is 47.3 Å². The lowest BCUT2D eigenvalue weighted by molar-refractivity contribution is -0.148. The van der Waals surface area contributed by atoms with Crippen LogP contribution in [-0.4, -0.2) is 41.1 Å². The Morgan fingerprint density at radius 1 is 1.38 bits per heavy atom. The van der Waals surface area contributed by atoms with Crippen LogP contribution in [0, 0.1) is 0 Å². The van der Waals surface area contributed by atoms with E-state index in [1.54, 1.807) is 0 Å². The largest absolute Gasteiger partial charge is 0.492 e. The second-order valence-electron chi connectivity index (χ2n) is 4.97. The van der Waals surface area contributed by atoms with Crippen molar-refractivity contribution >= 4 is 27.8 Å². The molecule has 1 heterocycles. The van der Waals surface area contributed by atoms with Crippen molar-refractivity contribution in [1.82, 2.24) is 4.90 Å². The number of benzene rings is 1. The number of halogens is 1. The number of hydrogen-bond donors (Lipinski definition) is 1. The molecule has 0 aliphatic carbocycles. The maximum absolute atomic E-state index is 12.0. The zero-order valence-corrected chi connectivity index (χ0v) is 13.2. The summed E-state index contributed by atoms with van der Waals surface area (Å²) >= 11 is 3.39. The highest BCUT2D eigenvalue weighted by Gasteiger charge is 2.33. The Hall–Kier alpha value is -1.56. The Bertz CT molecular complexity index is 520. The summed E-state index contributed by atoms with van der Waals surface area (Å²) in [6.45, 7) is 0.973. The molecule has 2 rings (SSSR count). The molecule has 1 atom stereocenters. The number of ether oxygens (including phenoxy) is 1. The molecule has 1 fully saturated rings. The lowest BCUT2D eigenvalue weighted by atomic mass is 10.2. The smallest absolute Gasteiger partial charge is 0.326 e. The van der Waals surface area contributed by atoms with Crippen LogP contribution in [0.1, 0.15) is 25.7 Å². The van der Waals surface area contributed by atoms with Gasteiger partial charge in [0.05, 0.1) is 11.1 Å². The molecular weight excluding hydrogens is 338 g/mol. The highest BCUT2D eigenvalue weighted by Crippen LogP contribution is 2.24. The number of likely N-dealkylation sites (tertiary alicyclic amines) is 1. The van der Waals surface area contributed by atoms with Crippen LogP contribution in [0.3, 0.4) is 0 Å². The van der Waals surface area contributed by atoms with Crippen molar-refractivity contribution in [3.63, 3.8) is 0 Å². The van der Waals surface area contributed by atoms with Crippen LogP contribution in [0.5, 0.6) is 5.75 Å². The summed E-state index contributed by atoms with van der Waals surface area (Å²) in [5.74, 6) is -0.268. The van der Waals surface area contributed by atoms with E-state index in [1.165, 1.54) is 4.90 Å². The maximum Gasteiger partial charge on any atom is 0.326 e. The van der Waals surface area contributed by atoms with Gasteiger partial charge in [-0.3, -0.25) is 4.79 Å².